The van der Waals surface area contributed by atoms with Crippen LogP contribution in [0.25, 0.3) is 11.0 Å². The van der Waals surface area contributed by atoms with Gasteiger partial charge in [-0.3, -0.25) is 0 Å². The van der Waals surface area contributed by atoms with Gasteiger partial charge >= 0.3 is 5.63 Å². The molecule has 0 bridgehead atoms. The molecule has 4 N–H and O–H groups in total. The van der Waals surface area contributed by atoms with E-state index in [1.165, 1.54) is 18.2 Å². The minimum atomic E-state index is -0.534. The third kappa shape index (κ3) is 1.53. The highest BCUT2D eigenvalue weighted by molar-refractivity contribution is 5.83. The van der Waals surface area contributed by atoms with Crippen LogP contribution in [0.15, 0.2) is 27.4 Å². The molecule has 0 spiro atoms. The molecular weight excluding hydrogens is 198 g/mol. The van der Waals surface area contributed by atoms with Gasteiger partial charge in [0.15, 0.2) is 11.5 Å². The highest BCUT2D eigenvalue weighted by Crippen LogP contribution is 2.30. The zero-order valence-corrected chi connectivity index (χ0v) is 7.73. The summed E-state index contributed by atoms with van der Waals surface area (Å²) in [6.45, 7) is 0.159. The molecule has 0 aliphatic carbocycles. The Bertz CT molecular complexity index is 573. The summed E-state index contributed by atoms with van der Waals surface area (Å²) in [5.74, 6) is -0.606. The predicted octanol–water partition coefficient (Wildman–Crippen LogP) is 0.663. The molecule has 1 heterocycles. The molecule has 2 rings (SSSR count). The summed E-state index contributed by atoms with van der Waals surface area (Å²) in [5.41, 5.74) is 5.69. The van der Waals surface area contributed by atoms with Gasteiger partial charge in [0.2, 0.25) is 0 Å². The van der Waals surface area contributed by atoms with E-state index in [2.05, 4.69) is 0 Å². The first kappa shape index (κ1) is 9.54. The first-order valence-corrected chi connectivity index (χ1v) is 4.30. The Morgan fingerprint density at radius 3 is 2.53 bits per heavy atom. The second kappa shape index (κ2) is 3.29. The van der Waals surface area contributed by atoms with Crippen molar-refractivity contribution in [3.63, 3.8) is 0 Å². The number of aromatic hydroxyl groups is 2. The van der Waals surface area contributed by atoms with Crippen molar-refractivity contribution in [1.82, 2.24) is 0 Å². The Hall–Kier alpha value is -2.01. The van der Waals surface area contributed by atoms with Crippen LogP contribution in [0.1, 0.15) is 5.56 Å². The van der Waals surface area contributed by atoms with Gasteiger partial charge in [-0.2, -0.15) is 0 Å². The second-order valence-electron chi connectivity index (χ2n) is 3.13. The second-order valence-corrected chi connectivity index (χ2v) is 3.13. The molecule has 0 aliphatic heterocycles. The Morgan fingerprint density at radius 1 is 1.20 bits per heavy atom. The fraction of sp³-hybridized carbons (Fsp3) is 0.100. The molecule has 5 heteroatoms. The lowest BCUT2D eigenvalue weighted by Crippen LogP contribution is -2.04. The van der Waals surface area contributed by atoms with Crippen molar-refractivity contribution in [2.24, 2.45) is 5.73 Å². The zero-order valence-electron chi connectivity index (χ0n) is 7.73. The number of phenolic OH excluding ortho intramolecular Hbond substituents is 2. The van der Waals surface area contributed by atoms with Crippen LogP contribution in [0, 0.1) is 0 Å². The molecule has 0 aliphatic rings. The summed E-state index contributed by atoms with van der Waals surface area (Å²) in [5, 5.41) is 19.0. The minimum absolute atomic E-state index is 0.159. The average molecular weight is 207 g/mol. The van der Waals surface area contributed by atoms with E-state index in [-0.39, 0.29) is 23.6 Å². The van der Waals surface area contributed by atoms with Crippen molar-refractivity contribution in [2.75, 3.05) is 0 Å². The SMILES string of the molecule is NCc1cc(=O)oc2cc(O)c(O)cc12. The minimum Gasteiger partial charge on any atom is -0.504 e. The maximum Gasteiger partial charge on any atom is 0.336 e. The van der Waals surface area contributed by atoms with Crippen molar-refractivity contribution < 1.29 is 14.6 Å². The average Bonchev–Trinajstić information content (AvgIpc) is 2.19. The Labute approximate surface area is 84.4 Å². The summed E-state index contributed by atoms with van der Waals surface area (Å²) in [6, 6.07) is 3.76. The maximum absolute atomic E-state index is 11.1. The van der Waals surface area contributed by atoms with Gasteiger partial charge in [0.25, 0.3) is 0 Å². The largest absolute Gasteiger partial charge is 0.504 e. The van der Waals surface area contributed by atoms with Crippen LogP contribution >= 0.6 is 0 Å². The molecule has 0 saturated heterocycles. The highest BCUT2D eigenvalue weighted by Gasteiger charge is 2.08. The van der Waals surface area contributed by atoms with Gasteiger partial charge in [-0.25, -0.2) is 4.79 Å². The standard InChI is InChI=1S/C10H9NO4/c11-4-5-1-10(14)15-9-3-8(13)7(12)2-6(5)9/h1-3,12-13H,4,11H2. The molecule has 0 atom stereocenters. The lowest BCUT2D eigenvalue weighted by atomic mass is 10.1. The number of fused-ring (bicyclic) bond motifs is 1. The predicted molar refractivity (Wildman–Crippen MR) is 53.7 cm³/mol. The third-order valence-corrected chi connectivity index (χ3v) is 2.15. The van der Waals surface area contributed by atoms with E-state index in [9.17, 15) is 15.0 Å². The lowest BCUT2D eigenvalue weighted by Gasteiger charge is -2.04. The molecule has 0 amide bonds. The van der Waals surface area contributed by atoms with Crippen LogP contribution in [0.2, 0.25) is 0 Å². The Balaban J connectivity index is 2.90. The van der Waals surface area contributed by atoms with Crippen molar-refractivity contribution in [3.8, 4) is 11.5 Å². The van der Waals surface area contributed by atoms with E-state index in [1.807, 2.05) is 0 Å². The molecule has 78 valence electrons. The molecule has 0 unspecified atom stereocenters. The normalized spacial score (nSPS) is 10.7. The molecule has 2 aromatic rings. The van der Waals surface area contributed by atoms with Crippen LogP contribution in [-0.2, 0) is 6.54 Å². The fourth-order valence-corrected chi connectivity index (χ4v) is 1.42. The highest BCUT2D eigenvalue weighted by atomic mass is 16.4. The van der Waals surface area contributed by atoms with Gasteiger partial charge < -0.3 is 20.4 Å². The first-order valence-electron chi connectivity index (χ1n) is 4.30. The fourth-order valence-electron chi connectivity index (χ4n) is 1.42. The molecule has 5 nitrogen and oxygen atoms in total. The summed E-state index contributed by atoms with van der Waals surface area (Å²) in [7, 11) is 0. The molecular formula is C10H9NO4. The van der Waals surface area contributed by atoms with Crippen LogP contribution in [0.4, 0.5) is 0 Å². The molecule has 0 radical (unpaired) electrons. The molecule has 0 fully saturated rings. The maximum atomic E-state index is 11.1. The van der Waals surface area contributed by atoms with Gasteiger partial charge in [0.1, 0.15) is 5.58 Å². The van der Waals surface area contributed by atoms with Crippen LogP contribution in [-0.4, -0.2) is 10.2 Å². The van der Waals surface area contributed by atoms with Crippen molar-refractivity contribution in [1.29, 1.82) is 0 Å². The quantitative estimate of drug-likeness (QED) is 0.471. The van der Waals surface area contributed by atoms with E-state index >= 15 is 0 Å². The topological polar surface area (TPSA) is 96.7 Å². The summed E-state index contributed by atoms with van der Waals surface area (Å²) in [4.78, 5) is 11.1. The smallest absolute Gasteiger partial charge is 0.336 e. The van der Waals surface area contributed by atoms with Gasteiger partial charge in [0.05, 0.1) is 0 Å². The molecule has 1 aromatic heterocycles. The number of hydrogen-bond acceptors (Lipinski definition) is 5. The first-order chi connectivity index (χ1) is 7.11. The van der Waals surface area contributed by atoms with Gasteiger partial charge in [-0.1, -0.05) is 0 Å². The van der Waals surface area contributed by atoms with Crippen molar-refractivity contribution >= 4 is 11.0 Å². The van der Waals surface area contributed by atoms with Crippen LogP contribution in [0.5, 0.6) is 11.5 Å². The number of nitrogens with two attached hydrogens (primary N) is 1. The number of benzene rings is 1. The number of rotatable bonds is 1. The molecule has 1 aromatic carbocycles. The summed E-state index contributed by atoms with van der Waals surface area (Å²) in [6.07, 6.45) is 0. The monoisotopic (exact) mass is 207 g/mol. The van der Waals surface area contributed by atoms with Gasteiger partial charge in [-0.15, -0.1) is 0 Å². The zero-order chi connectivity index (χ0) is 11.0. The van der Waals surface area contributed by atoms with Crippen LogP contribution in [0.3, 0.4) is 0 Å². The number of hydrogen-bond donors (Lipinski definition) is 3. The van der Waals surface area contributed by atoms with Gasteiger partial charge in [0, 0.05) is 24.1 Å². The van der Waals surface area contributed by atoms with Crippen LogP contribution < -0.4 is 11.4 Å². The third-order valence-electron chi connectivity index (χ3n) is 2.15. The Kier molecular flexibility index (Phi) is 2.09. The summed E-state index contributed by atoms with van der Waals surface area (Å²) < 4.78 is 4.86. The van der Waals surface area contributed by atoms with Gasteiger partial charge in [-0.05, 0) is 11.6 Å². The Morgan fingerprint density at radius 2 is 1.87 bits per heavy atom. The summed E-state index contributed by atoms with van der Waals surface area (Å²) >= 11 is 0. The van der Waals surface area contributed by atoms with E-state index in [0.29, 0.717) is 10.9 Å². The van der Waals surface area contributed by atoms with E-state index in [4.69, 9.17) is 10.2 Å². The van der Waals surface area contributed by atoms with Crippen molar-refractivity contribution in [3.05, 3.63) is 34.2 Å². The van der Waals surface area contributed by atoms with E-state index in [1.54, 1.807) is 0 Å². The lowest BCUT2D eigenvalue weighted by molar-refractivity contribution is 0.403. The molecule has 15 heavy (non-hydrogen) atoms. The number of phenols is 2. The molecule has 0 saturated carbocycles. The van der Waals surface area contributed by atoms with E-state index in [0.717, 1.165) is 0 Å². The van der Waals surface area contributed by atoms with E-state index < -0.39 is 5.63 Å². The van der Waals surface area contributed by atoms with Crippen molar-refractivity contribution in [2.45, 2.75) is 6.54 Å².